The van der Waals surface area contributed by atoms with E-state index < -0.39 is 5.60 Å². The van der Waals surface area contributed by atoms with E-state index in [9.17, 15) is 9.90 Å². The summed E-state index contributed by atoms with van der Waals surface area (Å²) in [6.07, 6.45) is 2.84. The molecule has 0 bridgehead atoms. The molecule has 0 radical (unpaired) electrons. The summed E-state index contributed by atoms with van der Waals surface area (Å²) in [5.41, 5.74) is -0.455. The molecule has 20 heavy (non-hydrogen) atoms. The van der Waals surface area contributed by atoms with Crippen LogP contribution in [0.1, 0.15) is 41.4 Å². The second-order valence-corrected chi connectivity index (χ2v) is 6.33. The van der Waals surface area contributed by atoms with Crippen LogP contribution >= 0.6 is 0 Å². The lowest BCUT2D eigenvalue weighted by molar-refractivity contribution is 0.0234. The fraction of sp³-hybridized carbons (Fsp3) is 0.714. The van der Waals surface area contributed by atoms with Gasteiger partial charge in [-0.1, -0.05) is 5.16 Å². The van der Waals surface area contributed by atoms with E-state index in [4.69, 9.17) is 4.52 Å². The highest BCUT2D eigenvalue weighted by molar-refractivity contribution is 5.92. The molecule has 2 aliphatic rings. The number of amides is 1. The minimum absolute atomic E-state index is 0.143. The molecule has 1 aliphatic carbocycles. The van der Waals surface area contributed by atoms with E-state index in [0.717, 1.165) is 18.6 Å². The summed E-state index contributed by atoms with van der Waals surface area (Å²) in [7, 11) is 3.84. The molecule has 1 saturated heterocycles. The second-order valence-electron chi connectivity index (χ2n) is 6.33. The highest BCUT2D eigenvalue weighted by Crippen LogP contribution is 2.40. The Morgan fingerprint density at radius 2 is 2.35 bits per heavy atom. The third-order valence-electron chi connectivity index (χ3n) is 3.96. The number of aliphatic hydroxyl groups is 1. The Morgan fingerprint density at radius 3 is 3.00 bits per heavy atom. The number of carbonyl (C=O) groups is 1. The minimum atomic E-state index is -0.817. The Balaban J connectivity index is 1.65. The first-order valence-corrected chi connectivity index (χ1v) is 7.10. The van der Waals surface area contributed by atoms with Crippen LogP contribution in [0.25, 0.3) is 0 Å². The van der Waals surface area contributed by atoms with Gasteiger partial charge in [0.2, 0.25) is 0 Å². The van der Waals surface area contributed by atoms with E-state index in [1.165, 1.54) is 0 Å². The predicted molar refractivity (Wildman–Crippen MR) is 72.5 cm³/mol. The van der Waals surface area contributed by atoms with E-state index in [1.54, 1.807) is 11.0 Å². The smallest absolute Gasteiger partial charge is 0.276 e. The molecule has 110 valence electrons. The van der Waals surface area contributed by atoms with Crippen molar-refractivity contribution < 1.29 is 14.4 Å². The Morgan fingerprint density at radius 1 is 1.60 bits per heavy atom. The van der Waals surface area contributed by atoms with Crippen molar-refractivity contribution in [3.63, 3.8) is 0 Å². The number of hydrogen-bond donors (Lipinski definition) is 1. The fourth-order valence-electron chi connectivity index (χ4n) is 2.86. The molecule has 1 aromatic heterocycles. The van der Waals surface area contributed by atoms with Gasteiger partial charge in [-0.25, -0.2) is 0 Å². The predicted octanol–water partition coefficient (Wildman–Crippen LogP) is 0.691. The summed E-state index contributed by atoms with van der Waals surface area (Å²) in [6.45, 7) is 1.48. The highest BCUT2D eigenvalue weighted by atomic mass is 16.5. The van der Waals surface area contributed by atoms with Crippen LogP contribution in [-0.4, -0.2) is 65.3 Å². The van der Waals surface area contributed by atoms with Crippen molar-refractivity contribution in [1.82, 2.24) is 15.0 Å². The number of carbonyl (C=O) groups excluding carboxylic acids is 1. The van der Waals surface area contributed by atoms with Gasteiger partial charge in [0.25, 0.3) is 5.91 Å². The largest absolute Gasteiger partial charge is 0.387 e. The molecule has 0 aromatic carbocycles. The van der Waals surface area contributed by atoms with E-state index in [-0.39, 0.29) is 5.91 Å². The van der Waals surface area contributed by atoms with Crippen molar-refractivity contribution in [1.29, 1.82) is 0 Å². The van der Waals surface area contributed by atoms with Crippen LogP contribution < -0.4 is 0 Å². The number of likely N-dealkylation sites (N-methyl/N-ethyl adjacent to an activating group) is 1. The summed E-state index contributed by atoms with van der Waals surface area (Å²) in [4.78, 5) is 16.0. The van der Waals surface area contributed by atoms with Crippen molar-refractivity contribution in [2.24, 2.45) is 0 Å². The number of β-amino-alcohol motifs (C(OH)–C–C–N with tert-alkyl or cyclic N) is 1. The van der Waals surface area contributed by atoms with Crippen molar-refractivity contribution in [2.75, 3.05) is 33.7 Å². The third kappa shape index (κ3) is 2.71. The molecule has 1 N–H and O–H groups in total. The van der Waals surface area contributed by atoms with E-state index in [1.807, 2.05) is 19.0 Å². The topological polar surface area (TPSA) is 69.8 Å². The number of nitrogens with zero attached hydrogens (tertiary/aromatic N) is 3. The van der Waals surface area contributed by atoms with E-state index in [0.29, 0.717) is 37.7 Å². The van der Waals surface area contributed by atoms with Crippen molar-refractivity contribution >= 4 is 5.91 Å². The van der Waals surface area contributed by atoms with Gasteiger partial charge in [-0.3, -0.25) is 4.79 Å². The zero-order valence-electron chi connectivity index (χ0n) is 12.0. The van der Waals surface area contributed by atoms with Gasteiger partial charge in [0.05, 0.1) is 12.1 Å². The Labute approximate surface area is 118 Å². The zero-order valence-corrected chi connectivity index (χ0v) is 12.0. The van der Waals surface area contributed by atoms with Gasteiger partial charge < -0.3 is 19.4 Å². The maximum atomic E-state index is 12.4. The molecule has 1 amide bonds. The molecule has 6 heteroatoms. The van der Waals surface area contributed by atoms with Gasteiger partial charge in [0, 0.05) is 25.1 Å². The van der Waals surface area contributed by atoms with Crippen LogP contribution in [0.2, 0.25) is 0 Å². The summed E-state index contributed by atoms with van der Waals surface area (Å²) in [5, 5.41) is 14.3. The maximum absolute atomic E-state index is 12.4. The molecule has 1 aliphatic heterocycles. The molecule has 0 spiro atoms. The first-order valence-electron chi connectivity index (χ1n) is 7.10. The number of likely N-dealkylation sites (tertiary alicyclic amines) is 1. The Bertz CT molecular complexity index is 510. The number of hydrogen-bond acceptors (Lipinski definition) is 5. The van der Waals surface area contributed by atoms with Gasteiger partial charge in [-0.05, 0) is 33.4 Å². The molecule has 2 heterocycles. The summed E-state index contributed by atoms with van der Waals surface area (Å²) < 4.78 is 5.22. The molecule has 3 rings (SSSR count). The third-order valence-corrected chi connectivity index (χ3v) is 3.96. The van der Waals surface area contributed by atoms with Crippen molar-refractivity contribution in [2.45, 2.75) is 30.8 Å². The molecule has 6 nitrogen and oxygen atoms in total. The normalized spacial score (nSPS) is 26.5. The lowest BCUT2D eigenvalue weighted by atomic mass is 10.0. The summed E-state index contributed by atoms with van der Waals surface area (Å²) in [6, 6.07) is 1.75. The molecule has 1 aromatic rings. The first-order chi connectivity index (χ1) is 9.47. The zero-order chi connectivity index (χ0) is 14.3. The lowest BCUT2D eigenvalue weighted by Gasteiger charge is -2.26. The molecule has 1 atom stereocenters. The van der Waals surface area contributed by atoms with Crippen LogP contribution in [0.15, 0.2) is 10.6 Å². The molecule has 0 unspecified atom stereocenters. The summed E-state index contributed by atoms with van der Waals surface area (Å²) in [5.74, 6) is 1.12. The second kappa shape index (κ2) is 4.86. The van der Waals surface area contributed by atoms with Gasteiger partial charge in [0.1, 0.15) is 5.76 Å². The van der Waals surface area contributed by atoms with E-state index in [2.05, 4.69) is 5.16 Å². The maximum Gasteiger partial charge on any atom is 0.276 e. The van der Waals surface area contributed by atoms with Gasteiger partial charge in [-0.2, -0.15) is 0 Å². The Kier molecular flexibility index (Phi) is 3.30. The summed E-state index contributed by atoms with van der Waals surface area (Å²) >= 11 is 0. The van der Waals surface area contributed by atoms with Crippen LogP contribution in [0.4, 0.5) is 0 Å². The minimum Gasteiger partial charge on any atom is -0.387 e. The fourth-order valence-corrected chi connectivity index (χ4v) is 2.86. The molecular weight excluding hydrogens is 258 g/mol. The number of rotatable bonds is 4. The quantitative estimate of drug-likeness (QED) is 0.878. The number of aromatic nitrogens is 1. The van der Waals surface area contributed by atoms with Gasteiger partial charge in [0.15, 0.2) is 5.69 Å². The van der Waals surface area contributed by atoms with Crippen LogP contribution in [0, 0.1) is 0 Å². The van der Waals surface area contributed by atoms with Crippen LogP contribution in [0.3, 0.4) is 0 Å². The van der Waals surface area contributed by atoms with Crippen molar-refractivity contribution in [3.8, 4) is 0 Å². The van der Waals surface area contributed by atoms with Crippen LogP contribution in [0.5, 0.6) is 0 Å². The van der Waals surface area contributed by atoms with Gasteiger partial charge >= 0.3 is 0 Å². The van der Waals surface area contributed by atoms with Gasteiger partial charge in [-0.15, -0.1) is 0 Å². The standard InChI is InChI=1S/C14H21N3O3/c1-16(2)8-14(19)5-6-17(9-14)13(18)11-7-12(20-15-11)10-3-4-10/h7,10,19H,3-6,8-9H2,1-2H3/t14-/m0/s1. The molecule has 2 fully saturated rings. The average Bonchev–Trinajstić information content (AvgIpc) is 2.97. The van der Waals surface area contributed by atoms with Crippen molar-refractivity contribution in [3.05, 3.63) is 17.5 Å². The molecular formula is C14H21N3O3. The monoisotopic (exact) mass is 279 g/mol. The van der Waals surface area contributed by atoms with Crippen LogP contribution in [-0.2, 0) is 0 Å². The molecule has 1 saturated carbocycles. The SMILES string of the molecule is CN(C)C[C@@]1(O)CCN(C(=O)c2cc(C3CC3)on2)C1. The highest BCUT2D eigenvalue weighted by Gasteiger charge is 2.39. The lowest BCUT2D eigenvalue weighted by Crippen LogP contribution is -2.43. The first kappa shape index (κ1) is 13.6. The average molecular weight is 279 g/mol. The Hall–Kier alpha value is -1.40. The van der Waals surface area contributed by atoms with E-state index >= 15 is 0 Å².